The normalized spacial score (nSPS) is 11.6. The number of hydrogen-bond donors (Lipinski definition) is 0. The Labute approximate surface area is 280 Å². The molecule has 0 atom stereocenters. The summed E-state index contributed by atoms with van der Waals surface area (Å²) in [4.78, 5) is 0. The second-order valence-corrected chi connectivity index (χ2v) is 12.3. The fraction of sp³-hybridized carbons (Fsp3) is 0. The van der Waals surface area contributed by atoms with Gasteiger partial charge in [-0.1, -0.05) is 97.1 Å². The van der Waals surface area contributed by atoms with E-state index in [-0.39, 0.29) is 0 Å². The number of benzene rings is 7. The maximum absolute atomic E-state index is 11.1. The van der Waals surface area contributed by atoms with E-state index >= 15 is 0 Å². The summed E-state index contributed by atoms with van der Waals surface area (Å²) in [5.74, 6) is 0. The van der Waals surface area contributed by atoms with Gasteiger partial charge in [-0.2, -0.15) is 10.5 Å². The van der Waals surface area contributed by atoms with Gasteiger partial charge in [0.1, 0.15) is 23.3 Å². The molecule has 0 amide bonds. The zero-order chi connectivity index (χ0) is 32.6. The summed E-state index contributed by atoms with van der Waals surface area (Å²) in [7, 11) is 0. The Morgan fingerprint density at radius 2 is 1.02 bits per heavy atom. The minimum absolute atomic E-state index is 0.419. The molecule has 0 bridgehead atoms. The van der Waals surface area contributed by atoms with Crippen LogP contribution >= 0.6 is 0 Å². The predicted octanol–water partition coefficient (Wildman–Crippen LogP) is 11.2. The lowest BCUT2D eigenvalue weighted by Crippen LogP contribution is -2.04. The van der Waals surface area contributed by atoms with E-state index in [4.69, 9.17) is 4.42 Å². The number of fused-ring (bicyclic) bond motifs is 9. The highest BCUT2D eigenvalue weighted by Gasteiger charge is 2.24. The zero-order valence-electron chi connectivity index (χ0n) is 26.1. The van der Waals surface area contributed by atoms with Gasteiger partial charge in [0.25, 0.3) is 0 Å². The van der Waals surface area contributed by atoms with Crippen LogP contribution in [0, 0.1) is 22.7 Å². The number of aromatic nitrogens is 2. The Morgan fingerprint density at radius 3 is 1.71 bits per heavy atom. The Bertz CT molecular complexity index is 3030. The molecule has 0 unspecified atom stereocenters. The third-order valence-corrected chi connectivity index (χ3v) is 9.82. The molecule has 226 valence electrons. The van der Waals surface area contributed by atoms with Gasteiger partial charge >= 0.3 is 0 Å². The molecule has 0 aliphatic rings. The molecule has 0 aliphatic heterocycles. The highest BCUT2D eigenvalue weighted by atomic mass is 16.3. The summed E-state index contributed by atoms with van der Waals surface area (Å²) >= 11 is 0. The van der Waals surface area contributed by atoms with Gasteiger partial charge in [-0.25, -0.2) is 0 Å². The SMILES string of the molecule is N#Cc1ccc(-c2ccccc2-n2c3ccccc3c3ccccc32)c(C#N)c1-n1c2ccccc2c2cc3c(cc21)oc1ccccc13. The van der Waals surface area contributed by atoms with Crippen LogP contribution in [0.1, 0.15) is 11.1 Å². The van der Waals surface area contributed by atoms with Crippen LogP contribution in [0.5, 0.6) is 0 Å². The molecule has 7 aromatic carbocycles. The Hall–Kier alpha value is -7.08. The van der Waals surface area contributed by atoms with Crippen molar-refractivity contribution >= 4 is 65.6 Å². The minimum Gasteiger partial charge on any atom is -0.456 e. The lowest BCUT2D eigenvalue weighted by molar-refractivity contribution is 0.669. The molecule has 0 spiro atoms. The van der Waals surface area contributed by atoms with E-state index in [1.165, 1.54) is 0 Å². The minimum atomic E-state index is 0.419. The second-order valence-electron chi connectivity index (χ2n) is 12.3. The summed E-state index contributed by atoms with van der Waals surface area (Å²) in [6.45, 7) is 0. The Kier molecular flexibility index (Phi) is 5.64. The first-order chi connectivity index (χ1) is 24.2. The first-order valence-corrected chi connectivity index (χ1v) is 16.1. The number of nitriles is 2. The third-order valence-electron chi connectivity index (χ3n) is 9.82. The van der Waals surface area contributed by atoms with Crippen molar-refractivity contribution in [3.05, 3.63) is 157 Å². The van der Waals surface area contributed by atoms with E-state index in [9.17, 15) is 10.5 Å². The molecule has 0 radical (unpaired) electrons. The number of rotatable bonds is 3. The van der Waals surface area contributed by atoms with Gasteiger partial charge in [0.05, 0.1) is 44.6 Å². The van der Waals surface area contributed by atoms with Crippen molar-refractivity contribution in [1.82, 2.24) is 9.13 Å². The van der Waals surface area contributed by atoms with Crippen LogP contribution < -0.4 is 0 Å². The van der Waals surface area contributed by atoms with Gasteiger partial charge in [0.15, 0.2) is 0 Å². The predicted molar refractivity (Wildman–Crippen MR) is 197 cm³/mol. The van der Waals surface area contributed by atoms with E-state index < -0.39 is 0 Å². The third kappa shape index (κ3) is 3.73. The van der Waals surface area contributed by atoms with E-state index in [1.54, 1.807) is 0 Å². The van der Waals surface area contributed by atoms with Gasteiger partial charge in [-0.05, 0) is 42.5 Å². The van der Waals surface area contributed by atoms with E-state index in [2.05, 4.69) is 106 Å². The smallest absolute Gasteiger partial charge is 0.137 e. The van der Waals surface area contributed by atoms with Crippen LogP contribution in [-0.4, -0.2) is 9.13 Å². The van der Waals surface area contributed by atoms with Crippen LogP contribution in [0.2, 0.25) is 0 Å². The van der Waals surface area contributed by atoms with Crippen molar-refractivity contribution in [2.24, 2.45) is 0 Å². The standard InChI is InChI=1S/C44H24N4O/c45-25-27-21-22-28(29-11-1-6-16-37(29)47-38-17-7-2-12-30(38)31-13-3-8-18-39(31)47)36(26-46)44(27)48-40-19-9-4-14-32(40)34-23-35-33-15-5-10-20-42(33)49-43(35)24-41(34)48/h1-24H. The van der Waals surface area contributed by atoms with E-state index in [0.717, 1.165) is 82.4 Å². The molecule has 3 aromatic heterocycles. The molecule has 49 heavy (non-hydrogen) atoms. The maximum Gasteiger partial charge on any atom is 0.137 e. The topological polar surface area (TPSA) is 70.6 Å². The summed E-state index contributed by atoms with van der Waals surface area (Å²) < 4.78 is 10.7. The summed E-state index contributed by atoms with van der Waals surface area (Å²) in [6, 6.07) is 54.2. The number of nitrogens with zero attached hydrogens (tertiary/aromatic N) is 4. The first-order valence-electron chi connectivity index (χ1n) is 16.1. The monoisotopic (exact) mass is 624 g/mol. The van der Waals surface area contributed by atoms with Crippen molar-refractivity contribution in [3.8, 4) is 34.6 Å². The molecule has 0 saturated heterocycles. The Morgan fingerprint density at radius 1 is 0.429 bits per heavy atom. The van der Waals surface area contributed by atoms with Crippen LogP contribution in [-0.2, 0) is 0 Å². The molecule has 3 heterocycles. The van der Waals surface area contributed by atoms with Crippen molar-refractivity contribution in [3.63, 3.8) is 0 Å². The quantitative estimate of drug-likeness (QED) is 0.196. The van der Waals surface area contributed by atoms with Crippen molar-refractivity contribution < 1.29 is 4.42 Å². The fourth-order valence-electron chi connectivity index (χ4n) is 7.76. The second kappa shape index (κ2) is 10.2. The number of furan rings is 1. The highest BCUT2D eigenvalue weighted by Crippen LogP contribution is 2.42. The van der Waals surface area contributed by atoms with E-state index in [0.29, 0.717) is 16.8 Å². The van der Waals surface area contributed by atoms with Gasteiger partial charge < -0.3 is 13.6 Å². The molecule has 0 N–H and O–H groups in total. The molecule has 5 nitrogen and oxygen atoms in total. The molecular formula is C44H24N4O. The van der Waals surface area contributed by atoms with E-state index in [1.807, 2.05) is 60.7 Å². The van der Waals surface area contributed by atoms with Gasteiger partial charge in [0.2, 0.25) is 0 Å². The average Bonchev–Trinajstić information content (AvgIpc) is 3.80. The molecule has 10 aromatic rings. The molecule has 0 fully saturated rings. The highest BCUT2D eigenvalue weighted by molar-refractivity contribution is 6.17. The summed E-state index contributed by atoms with van der Waals surface area (Å²) in [6.07, 6.45) is 0. The maximum atomic E-state index is 11.1. The number of para-hydroxylation sites is 5. The summed E-state index contributed by atoms with van der Waals surface area (Å²) in [5, 5.41) is 28.1. The first kappa shape index (κ1) is 27.1. The lowest BCUT2D eigenvalue weighted by Gasteiger charge is -2.18. The fourth-order valence-corrected chi connectivity index (χ4v) is 7.76. The van der Waals surface area contributed by atoms with Gasteiger partial charge in [0, 0.05) is 49.5 Å². The molecular weight excluding hydrogens is 601 g/mol. The largest absolute Gasteiger partial charge is 0.456 e. The molecule has 0 saturated carbocycles. The van der Waals surface area contributed by atoms with Crippen molar-refractivity contribution in [2.75, 3.05) is 0 Å². The lowest BCUT2D eigenvalue weighted by atomic mass is 9.94. The summed E-state index contributed by atoms with van der Waals surface area (Å²) in [5.41, 5.74) is 9.54. The van der Waals surface area contributed by atoms with Gasteiger partial charge in [-0.3, -0.25) is 0 Å². The Balaban J connectivity index is 1.31. The zero-order valence-corrected chi connectivity index (χ0v) is 26.1. The average molecular weight is 625 g/mol. The van der Waals surface area contributed by atoms with Crippen molar-refractivity contribution in [1.29, 1.82) is 10.5 Å². The van der Waals surface area contributed by atoms with Crippen LogP contribution in [0.3, 0.4) is 0 Å². The van der Waals surface area contributed by atoms with Crippen LogP contribution in [0.4, 0.5) is 0 Å². The van der Waals surface area contributed by atoms with Crippen molar-refractivity contribution in [2.45, 2.75) is 0 Å². The number of hydrogen-bond acceptors (Lipinski definition) is 3. The molecule has 5 heteroatoms. The van der Waals surface area contributed by atoms with Crippen LogP contribution in [0.15, 0.2) is 150 Å². The molecule has 0 aliphatic carbocycles. The van der Waals surface area contributed by atoms with Gasteiger partial charge in [-0.15, -0.1) is 0 Å². The van der Waals surface area contributed by atoms with Crippen LogP contribution in [0.25, 0.3) is 88.1 Å². The molecule has 10 rings (SSSR count).